The second kappa shape index (κ2) is 9.33. The third kappa shape index (κ3) is 5.50. The van der Waals surface area contributed by atoms with E-state index in [1.807, 2.05) is 7.05 Å². The molecule has 2 heterocycles. The molecule has 1 amide bonds. The smallest absolute Gasteiger partial charge is 0.341 e. The molecule has 0 unspecified atom stereocenters. The van der Waals surface area contributed by atoms with Gasteiger partial charge in [0.1, 0.15) is 11.5 Å². The number of halogens is 2. The molecule has 0 spiro atoms. The van der Waals surface area contributed by atoms with Crippen LogP contribution in [0.5, 0.6) is 0 Å². The number of fused-ring (bicyclic) bond motifs is 1. The Morgan fingerprint density at radius 2 is 1.90 bits per heavy atom. The Labute approximate surface area is 194 Å². The molecule has 0 aliphatic carbocycles. The molecule has 12 heteroatoms. The minimum absolute atomic E-state index is 0.162. The Kier molecular flexibility index (Phi) is 7.17. The highest BCUT2D eigenvalue weighted by molar-refractivity contribution is 7.92. The van der Waals surface area contributed by atoms with E-state index in [0.29, 0.717) is 23.5 Å². The van der Waals surface area contributed by atoms with Crippen LogP contribution in [0.2, 0.25) is 10.0 Å². The lowest BCUT2D eigenvalue weighted by molar-refractivity contribution is -0.114. The van der Waals surface area contributed by atoms with Gasteiger partial charge in [-0.25, -0.2) is 13.2 Å². The number of rotatable bonds is 6. The Morgan fingerprint density at radius 1 is 1.26 bits per heavy atom. The van der Waals surface area contributed by atoms with Gasteiger partial charge in [-0.2, -0.15) is 0 Å². The third-order valence-electron chi connectivity index (χ3n) is 4.71. The standard InChI is InChI=1S/C19H21Cl2N3O5S2/c1-23-5-4-14-15(9-23)30-18(17(14)19(26)29-2)22-16(25)10-24(31(3,27)28)13-7-11(20)6-12(21)8-13/h6-8H,4-5,9-10H2,1-3H3,(H,22,25). The normalized spacial score (nSPS) is 14.1. The van der Waals surface area contributed by atoms with Crippen LogP contribution < -0.4 is 9.62 Å². The number of amides is 1. The lowest BCUT2D eigenvalue weighted by Crippen LogP contribution is -2.37. The summed E-state index contributed by atoms with van der Waals surface area (Å²) in [5.41, 5.74) is 1.34. The summed E-state index contributed by atoms with van der Waals surface area (Å²) in [5, 5.41) is 3.50. The number of nitrogens with zero attached hydrogens (tertiary/aromatic N) is 2. The Hall–Kier alpha value is -1.85. The molecular weight excluding hydrogens is 485 g/mol. The summed E-state index contributed by atoms with van der Waals surface area (Å²) < 4.78 is 30.5. The van der Waals surface area contributed by atoms with Crippen molar-refractivity contribution in [3.05, 3.63) is 44.2 Å². The monoisotopic (exact) mass is 505 g/mol. The van der Waals surface area contributed by atoms with Crippen molar-refractivity contribution < 1.29 is 22.7 Å². The molecule has 3 rings (SSSR count). The van der Waals surface area contributed by atoms with E-state index in [4.69, 9.17) is 27.9 Å². The first-order valence-corrected chi connectivity index (χ1v) is 12.6. The molecule has 1 aliphatic rings. The number of hydrogen-bond acceptors (Lipinski definition) is 7. The number of sulfonamides is 1. The van der Waals surface area contributed by atoms with Crippen LogP contribution in [0, 0.1) is 0 Å². The molecule has 1 aliphatic heterocycles. The highest BCUT2D eigenvalue weighted by Crippen LogP contribution is 2.37. The number of esters is 1. The first-order chi connectivity index (χ1) is 14.5. The van der Waals surface area contributed by atoms with Crippen molar-refractivity contribution in [2.45, 2.75) is 13.0 Å². The lowest BCUT2D eigenvalue weighted by atomic mass is 10.0. The number of carbonyl (C=O) groups excluding carboxylic acids is 2. The van der Waals surface area contributed by atoms with Gasteiger partial charge in [0.05, 0.1) is 24.6 Å². The summed E-state index contributed by atoms with van der Waals surface area (Å²) in [7, 11) is -0.569. The van der Waals surface area contributed by atoms with Crippen molar-refractivity contribution in [3.8, 4) is 0 Å². The van der Waals surface area contributed by atoms with Gasteiger partial charge in [0.15, 0.2) is 0 Å². The fourth-order valence-corrected chi connectivity index (χ4v) is 6.00. The molecule has 8 nitrogen and oxygen atoms in total. The van der Waals surface area contributed by atoms with Crippen LogP contribution in [0.4, 0.5) is 10.7 Å². The number of ether oxygens (including phenoxy) is 1. The maximum absolute atomic E-state index is 12.8. The SMILES string of the molecule is COC(=O)c1c(NC(=O)CN(c2cc(Cl)cc(Cl)c2)S(C)(=O)=O)sc2c1CCN(C)C2. The zero-order valence-corrected chi connectivity index (χ0v) is 20.2. The predicted octanol–water partition coefficient (Wildman–Crippen LogP) is 3.23. The van der Waals surface area contributed by atoms with Crippen LogP contribution in [0.1, 0.15) is 20.8 Å². The second-order valence-electron chi connectivity index (χ2n) is 7.13. The molecule has 1 aromatic heterocycles. The van der Waals surface area contributed by atoms with Gasteiger partial charge in [0, 0.05) is 28.0 Å². The van der Waals surface area contributed by atoms with Crippen molar-refractivity contribution in [3.63, 3.8) is 0 Å². The van der Waals surface area contributed by atoms with E-state index in [-0.39, 0.29) is 15.7 Å². The van der Waals surface area contributed by atoms with Crippen molar-refractivity contribution in [2.24, 2.45) is 0 Å². The largest absolute Gasteiger partial charge is 0.465 e. The number of methoxy groups -OCH3 is 1. The lowest BCUT2D eigenvalue weighted by Gasteiger charge is -2.22. The van der Waals surface area contributed by atoms with E-state index in [1.165, 1.54) is 36.6 Å². The number of benzene rings is 1. The summed E-state index contributed by atoms with van der Waals surface area (Å²) in [6, 6.07) is 4.27. The summed E-state index contributed by atoms with van der Waals surface area (Å²) in [4.78, 5) is 28.3. The Balaban J connectivity index is 1.90. The average Bonchev–Trinajstić information content (AvgIpc) is 3.00. The molecule has 168 valence electrons. The molecule has 0 bridgehead atoms. The molecule has 0 saturated carbocycles. The second-order valence-corrected chi connectivity index (χ2v) is 11.0. The van der Waals surface area contributed by atoms with Gasteiger partial charge in [0.2, 0.25) is 15.9 Å². The minimum atomic E-state index is -3.82. The molecule has 1 N–H and O–H groups in total. The molecule has 2 aromatic rings. The van der Waals surface area contributed by atoms with Crippen molar-refractivity contribution in [1.29, 1.82) is 0 Å². The molecule has 31 heavy (non-hydrogen) atoms. The van der Waals surface area contributed by atoms with Crippen LogP contribution in [0.15, 0.2) is 18.2 Å². The molecule has 0 radical (unpaired) electrons. The molecule has 1 aromatic carbocycles. The number of likely N-dealkylation sites (N-methyl/N-ethyl adjacent to an activating group) is 1. The maximum atomic E-state index is 12.8. The van der Waals surface area contributed by atoms with Gasteiger partial charge < -0.3 is 15.0 Å². The van der Waals surface area contributed by atoms with Gasteiger partial charge in [0.25, 0.3) is 0 Å². The van der Waals surface area contributed by atoms with Crippen LogP contribution in [0.25, 0.3) is 0 Å². The molecular formula is C19H21Cl2N3O5S2. The first kappa shape index (κ1) is 23.8. The Morgan fingerprint density at radius 3 is 2.48 bits per heavy atom. The first-order valence-electron chi connectivity index (χ1n) is 9.14. The zero-order valence-electron chi connectivity index (χ0n) is 17.1. The average molecular weight is 506 g/mol. The van der Waals surface area contributed by atoms with Crippen LogP contribution >= 0.6 is 34.5 Å². The molecule has 0 saturated heterocycles. The maximum Gasteiger partial charge on any atom is 0.341 e. The highest BCUT2D eigenvalue weighted by Gasteiger charge is 2.29. The minimum Gasteiger partial charge on any atom is -0.465 e. The summed E-state index contributed by atoms with van der Waals surface area (Å²) >= 11 is 13.3. The van der Waals surface area contributed by atoms with Gasteiger partial charge in [-0.15, -0.1) is 11.3 Å². The van der Waals surface area contributed by atoms with E-state index in [1.54, 1.807) is 0 Å². The van der Waals surface area contributed by atoms with E-state index in [9.17, 15) is 18.0 Å². The number of carbonyl (C=O) groups is 2. The van der Waals surface area contributed by atoms with Crippen molar-refractivity contribution in [2.75, 3.05) is 43.1 Å². The van der Waals surface area contributed by atoms with Gasteiger partial charge in [-0.05, 0) is 37.2 Å². The fourth-order valence-electron chi connectivity index (χ4n) is 3.32. The van der Waals surface area contributed by atoms with E-state index in [0.717, 1.165) is 27.5 Å². The summed E-state index contributed by atoms with van der Waals surface area (Å²) in [6.45, 7) is 0.910. The predicted molar refractivity (Wildman–Crippen MR) is 123 cm³/mol. The number of hydrogen-bond donors (Lipinski definition) is 1. The van der Waals surface area contributed by atoms with Crippen LogP contribution in [-0.2, 0) is 32.5 Å². The number of nitrogens with one attached hydrogen (secondary N) is 1. The van der Waals surface area contributed by atoms with E-state index < -0.39 is 28.4 Å². The van der Waals surface area contributed by atoms with Gasteiger partial charge in [-0.3, -0.25) is 9.10 Å². The van der Waals surface area contributed by atoms with E-state index in [2.05, 4.69) is 10.2 Å². The Bertz CT molecular complexity index is 1110. The van der Waals surface area contributed by atoms with Crippen LogP contribution in [0.3, 0.4) is 0 Å². The molecule has 0 fully saturated rings. The van der Waals surface area contributed by atoms with E-state index >= 15 is 0 Å². The topological polar surface area (TPSA) is 96.0 Å². The zero-order chi connectivity index (χ0) is 22.9. The van der Waals surface area contributed by atoms with Gasteiger partial charge >= 0.3 is 5.97 Å². The number of anilines is 2. The highest BCUT2D eigenvalue weighted by atomic mass is 35.5. The fraction of sp³-hybridized carbons (Fsp3) is 0.368. The van der Waals surface area contributed by atoms with Crippen molar-refractivity contribution in [1.82, 2.24) is 4.90 Å². The number of thiophene rings is 1. The third-order valence-corrected chi connectivity index (χ3v) is 7.42. The van der Waals surface area contributed by atoms with Crippen LogP contribution in [-0.4, -0.2) is 58.7 Å². The quantitative estimate of drug-likeness (QED) is 0.605. The molecule has 0 atom stereocenters. The summed E-state index contributed by atoms with van der Waals surface area (Å²) in [5.74, 6) is -1.16. The van der Waals surface area contributed by atoms with Crippen molar-refractivity contribution >= 4 is 67.1 Å². The summed E-state index contributed by atoms with van der Waals surface area (Å²) in [6.07, 6.45) is 1.63. The van der Waals surface area contributed by atoms with Gasteiger partial charge in [-0.1, -0.05) is 23.2 Å².